The lowest BCUT2D eigenvalue weighted by Crippen LogP contribution is -2.59. The monoisotopic (exact) mass is 545 g/mol. The maximum Gasteiger partial charge on any atom is 0.326 e. The molecule has 0 radical (unpaired) electrons. The van der Waals surface area contributed by atoms with Crippen LogP contribution in [0.1, 0.15) is 52.5 Å². The number of aromatic nitrogens is 1. The second-order valence-corrected chi connectivity index (χ2v) is 10.4. The third-order valence-corrected chi connectivity index (χ3v) is 6.31. The van der Waals surface area contributed by atoms with E-state index in [1.165, 1.54) is 0 Å². The maximum absolute atomic E-state index is 13.3. The number of carbonyl (C=O) groups excluding carboxylic acids is 3. The van der Waals surface area contributed by atoms with Crippen LogP contribution in [0.25, 0.3) is 10.9 Å². The predicted octanol–water partition coefficient (Wildman–Crippen LogP) is 1.14. The van der Waals surface area contributed by atoms with Gasteiger partial charge in [-0.2, -0.15) is 0 Å². The Morgan fingerprint density at radius 3 is 2.13 bits per heavy atom. The Hall–Kier alpha value is -3.93. The van der Waals surface area contributed by atoms with Crippen LogP contribution in [0.5, 0.6) is 0 Å². The number of aliphatic carboxylic acids is 2. The summed E-state index contributed by atoms with van der Waals surface area (Å²) in [5.41, 5.74) is 7.37. The van der Waals surface area contributed by atoms with Crippen LogP contribution in [-0.2, 0) is 30.4 Å². The molecule has 3 amide bonds. The number of para-hydroxylation sites is 1. The lowest BCUT2D eigenvalue weighted by atomic mass is 9.99. The summed E-state index contributed by atoms with van der Waals surface area (Å²) in [6.45, 7) is 7.07. The zero-order valence-electron chi connectivity index (χ0n) is 22.7. The number of carbonyl (C=O) groups is 5. The molecule has 0 spiro atoms. The topological polar surface area (TPSA) is 204 Å². The molecular weight excluding hydrogens is 506 g/mol. The normalized spacial score (nSPS) is 14.4. The van der Waals surface area contributed by atoms with Crippen LogP contribution in [-0.4, -0.2) is 69.0 Å². The lowest BCUT2D eigenvalue weighted by molar-refractivity contribution is -0.143. The van der Waals surface area contributed by atoms with Crippen molar-refractivity contribution < 1.29 is 34.2 Å². The SMILES string of the molecule is CC(C)CC(NC(=O)C(Cc1c[nH]c2ccccc12)NC(=O)C(NC(=O)C(N)CCC(=O)O)C(C)C)C(=O)O. The zero-order valence-corrected chi connectivity index (χ0v) is 22.7. The van der Waals surface area contributed by atoms with E-state index in [0.29, 0.717) is 0 Å². The molecule has 12 nitrogen and oxygen atoms in total. The number of H-pyrrole nitrogens is 1. The predicted molar refractivity (Wildman–Crippen MR) is 145 cm³/mol. The number of hydrogen-bond donors (Lipinski definition) is 7. The fraction of sp³-hybridized carbons (Fsp3) is 0.519. The smallest absolute Gasteiger partial charge is 0.326 e. The average Bonchev–Trinajstić information content (AvgIpc) is 3.26. The van der Waals surface area contributed by atoms with Gasteiger partial charge >= 0.3 is 11.9 Å². The number of amides is 3. The van der Waals surface area contributed by atoms with Crippen LogP contribution in [0.2, 0.25) is 0 Å². The molecule has 0 aliphatic carbocycles. The van der Waals surface area contributed by atoms with Crippen LogP contribution < -0.4 is 21.7 Å². The molecule has 0 saturated heterocycles. The van der Waals surface area contributed by atoms with Crippen molar-refractivity contribution in [3.63, 3.8) is 0 Å². The Labute approximate surface area is 227 Å². The first-order chi connectivity index (χ1) is 18.3. The molecule has 39 heavy (non-hydrogen) atoms. The largest absolute Gasteiger partial charge is 0.481 e. The van der Waals surface area contributed by atoms with Gasteiger partial charge in [0.2, 0.25) is 17.7 Å². The van der Waals surface area contributed by atoms with Gasteiger partial charge in [0.15, 0.2) is 0 Å². The molecule has 12 heteroatoms. The molecular formula is C27H39N5O7. The van der Waals surface area contributed by atoms with E-state index >= 15 is 0 Å². The number of nitrogens with two attached hydrogens (primary N) is 1. The molecule has 0 bridgehead atoms. The second kappa shape index (κ2) is 14.3. The van der Waals surface area contributed by atoms with Crippen molar-refractivity contribution >= 4 is 40.6 Å². The minimum atomic E-state index is -1.18. The number of benzene rings is 1. The van der Waals surface area contributed by atoms with E-state index in [-0.39, 0.29) is 31.6 Å². The van der Waals surface area contributed by atoms with E-state index in [0.717, 1.165) is 16.5 Å². The minimum absolute atomic E-state index is 0.000993. The van der Waals surface area contributed by atoms with Gasteiger partial charge in [-0.15, -0.1) is 0 Å². The molecule has 214 valence electrons. The van der Waals surface area contributed by atoms with Gasteiger partial charge in [-0.3, -0.25) is 19.2 Å². The Morgan fingerprint density at radius 1 is 0.897 bits per heavy atom. The zero-order chi connectivity index (χ0) is 29.3. The van der Waals surface area contributed by atoms with Crippen molar-refractivity contribution in [3.8, 4) is 0 Å². The van der Waals surface area contributed by atoms with E-state index in [2.05, 4.69) is 20.9 Å². The maximum atomic E-state index is 13.3. The number of carboxylic acids is 2. The van der Waals surface area contributed by atoms with Crippen LogP contribution >= 0.6 is 0 Å². The third kappa shape index (κ3) is 9.40. The fourth-order valence-corrected chi connectivity index (χ4v) is 4.16. The van der Waals surface area contributed by atoms with Gasteiger partial charge in [-0.1, -0.05) is 45.9 Å². The lowest BCUT2D eigenvalue weighted by Gasteiger charge is -2.27. The number of rotatable bonds is 15. The summed E-state index contributed by atoms with van der Waals surface area (Å²) in [6.07, 6.45) is 1.58. The van der Waals surface area contributed by atoms with Crippen molar-refractivity contribution in [2.75, 3.05) is 0 Å². The Morgan fingerprint density at radius 2 is 1.54 bits per heavy atom. The van der Waals surface area contributed by atoms with Crippen LogP contribution in [0.3, 0.4) is 0 Å². The highest BCUT2D eigenvalue weighted by molar-refractivity contribution is 5.95. The van der Waals surface area contributed by atoms with Gasteiger partial charge in [-0.05, 0) is 36.3 Å². The average molecular weight is 546 g/mol. The van der Waals surface area contributed by atoms with Crippen molar-refractivity contribution in [3.05, 3.63) is 36.0 Å². The Bertz CT molecular complexity index is 1180. The van der Waals surface area contributed by atoms with Gasteiger partial charge < -0.3 is 36.9 Å². The highest BCUT2D eigenvalue weighted by Crippen LogP contribution is 2.20. The number of nitrogens with one attached hydrogen (secondary N) is 4. The standard InChI is InChI=1S/C27H39N5O7/c1-14(2)11-21(27(38)39)31-25(36)20(12-16-13-29-19-8-6-5-7-17(16)19)30-26(37)23(15(3)4)32-24(35)18(28)9-10-22(33)34/h5-8,13-15,18,20-21,23,29H,9-12,28H2,1-4H3,(H,30,37)(H,31,36)(H,32,35)(H,33,34)(H,38,39). The van der Waals surface area contributed by atoms with Crippen molar-refractivity contribution in [2.24, 2.45) is 17.6 Å². The van der Waals surface area contributed by atoms with E-state index in [9.17, 15) is 29.1 Å². The summed E-state index contributed by atoms with van der Waals surface area (Å²) in [5, 5.41) is 27.1. The number of fused-ring (bicyclic) bond motifs is 1. The molecule has 0 aliphatic rings. The van der Waals surface area contributed by atoms with Crippen molar-refractivity contribution in [2.45, 2.75) is 77.5 Å². The van der Waals surface area contributed by atoms with E-state index in [1.54, 1.807) is 20.0 Å². The van der Waals surface area contributed by atoms with E-state index < -0.39 is 59.7 Å². The molecule has 2 rings (SSSR count). The van der Waals surface area contributed by atoms with Crippen molar-refractivity contribution in [1.29, 1.82) is 0 Å². The summed E-state index contributed by atoms with van der Waals surface area (Å²) < 4.78 is 0. The van der Waals surface area contributed by atoms with Crippen LogP contribution in [0.4, 0.5) is 0 Å². The van der Waals surface area contributed by atoms with Gasteiger partial charge in [0.05, 0.1) is 6.04 Å². The first-order valence-electron chi connectivity index (χ1n) is 13.0. The minimum Gasteiger partial charge on any atom is -0.481 e. The molecule has 1 heterocycles. The highest BCUT2D eigenvalue weighted by atomic mass is 16.4. The first kappa shape index (κ1) is 31.3. The summed E-state index contributed by atoms with van der Waals surface area (Å²) in [6, 6.07) is 2.94. The van der Waals surface area contributed by atoms with Gasteiger partial charge in [0.1, 0.15) is 18.1 Å². The number of hydrogen-bond acceptors (Lipinski definition) is 6. The van der Waals surface area contributed by atoms with Crippen LogP contribution in [0.15, 0.2) is 30.5 Å². The molecule has 1 aromatic heterocycles. The van der Waals surface area contributed by atoms with Gasteiger partial charge in [-0.25, -0.2) is 4.79 Å². The molecule has 2 aromatic rings. The molecule has 4 unspecified atom stereocenters. The summed E-state index contributed by atoms with van der Waals surface area (Å²) in [5.74, 6) is -4.69. The Kier molecular flexibility index (Phi) is 11.5. The fourth-order valence-electron chi connectivity index (χ4n) is 4.16. The molecule has 8 N–H and O–H groups in total. The summed E-state index contributed by atoms with van der Waals surface area (Å²) in [4.78, 5) is 65.0. The van der Waals surface area contributed by atoms with Gasteiger partial charge in [0, 0.05) is 29.9 Å². The van der Waals surface area contributed by atoms with Crippen molar-refractivity contribution in [1.82, 2.24) is 20.9 Å². The second-order valence-electron chi connectivity index (χ2n) is 10.4. The van der Waals surface area contributed by atoms with E-state index in [4.69, 9.17) is 10.8 Å². The molecule has 0 saturated carbocycles. The highest BCUT2D eigenvalue weighted by Gasteiger charge is 2.32. The molecule has 0 fully saturated rings. The van der Waals surface area contributed by atoms with E-state index in [1.807, 2.05) is 38.1 Å². The summed E-state index contributed by atoms with van der Waals surface area (Å²) in [7, 11) is 0. The number of carboxylic acid groups (broad SMARTS) is 2. The van der Waals surface area contributed by atoms with Gasteiger partial charge in [0.25, 0.3) is 0 Å². The Balaban J connectivity index is 2.28. The molecule has 4 atom stereocenters. The van der Waals surface area contributed by atoms with Crippen LogP contribution in [0, 0.1) is 11.8 Å². The summed E-state index contributed by atoms with van der Waals surface area (Å²) >= 11 is 0. The first-order valence-corrected chi connectivity index (χ1v) is 13.0. The molecule has 0 aliphatic heterocycles. The number of aromatic amines is 1. The quantitative estimate of drug-likeness (QED) is 0.172. The third-order valence-electron chi connectivity index (χ3n) is 6.31. The molecule has 1 aromatic carbocycles.